The lowest BCUT2D eigenvalue weighted by Gasteiger charge is -2.07. The lowest BCUT2D eigenvalue weighted by Crippen LogP contribution is -2.17. The van der Waals surface area contributed by atoms with Crippen molar-refractivity contribution in [2.75, 3.05) is 18.6 Å². The number of halogens is 1. The Bertz CT molecular complexity index is 440. The maximum absolute atomic E-state index is 13.8. The van der Waals surface area contributed by atoms with Gasteiger partial charge in [-0.05, 0) is 37.5 Å². The number of oxime groups is 1. The van der Waals surface area contributed by atoms with Crippen molar-refractivity contribution in [1.82, 2.24) is 5.32 Å². The minimum Gasteiger partial charge on any atom is -0.409 e. The van der Waals surface area contributed by atoms with Crippen LogP contribution in [0.3, 0.4) is 0 Å². The summed E-state index contributed by atoms with van der Waals surface area (Å²) in [5.41, 5.74) is 6.38. The molecule has 1 aromatic carbocycles. The largest absolute Gasteiger partial charge is 0.409 e. The smallest absolute Gasteiger partial charge is 0.170 e. The Balaban J connectivity index is 2.34. The maximum atomic E-state index is 13.8. The number of unbranched alkanes of at least 4 members (excludes halogenated alkanes) is 2. The van der Waals surface area contributed by atoms with Crippen molar-refractivity contribution in [3.05, 3.63) is 35.1 Å². The van der Waals surface area contributed by atoms with Gasteiger partial charge in [0.1, 0.15) is 5.82 Å². The molecule has 4 nitrogen and oxygen atoms in total. The molecule has 0 unspecified atom stereocenters. The summed E-state index contributed by atoms with van der Waals surface area (Å²) in [4.78, 5) is 0. The van der Waals surface area contributed by atoms with Crippen LogP contribution in [-0.2, 0) is 6.54 Å². The number of hydrogen-bond donors (Lipinski definition) is 3. The van der Waals surface area contributed by atoms with E-state index >= 15 is 0 Å². The van der Waals surface area contributed by atoms with Gasteiger partial charge in [-0.3, -0.25) is 0 Å². The van der Waals surface area contributed by atoms with E-state index in [1.54, 1.807) is 12.1 Å². The first-order valence-electron chi connectivity index (χ1n) is 6.65. The van der Waals surface area contributed by atoms with Crippen LogP contribution in [0, 0.1) is 5.82 Å². The number of nitrogens with one attached hydrogen (secondary N) is 1. The molecule has 0 spiro atoms. The van der Waals surface area contributed by atoms with Gasteiger partial charge in [0.2, 0.25) is 0 Å². The third-order valence-electron chi connectivity index (χ3n) is 2.97. The van der Waals surface area contributed by atoms with Crippen molar-refractivity contribution in [2.45, 2.75) is 25.8 Å². The van der Waals surface area contributed by atoms with Crippen LogP contribution in [0.5, 0.6) is 0 Å². The Hall–Kier alpha value is -1.27. The minimum atomic E-state index is -0.344. The molecule has 0 saturated carbocycles. The van der Waals surface area contributed by atoms with Crippen LogP contribution in [0.15, 0.2) is 23.4 Å². The standard InChI is InChI=1S/C14H22FN3OS/c1-20-8-4-2-3-7-17-10-12-6-5-11(9-13(12)15)14(16)18-19/h5-6,9,17,19H,2-4,7-8,10H2,1H3,(H2,16,18). The van der Waals surface area contributed by atoms with Crippen molar-refractivity contribution in [2.24, 2.45) is 10.9 Å². The lowest BCUT2D eigenvalue weighted by molar-refractivity contribution is 0.318. The van der Waals surface area contributed by atoms with Gasteiger partial charge < -0.3 is 16.3 Å². The van der Waals surface area contributed by atoms with Gasteiger partial charge in [-0.15, -0.1) is 0 Å². The highest BCUT2D eigenvalue weighted by Crippen LogP contribution is 2.10. The van der Waals surface area contributed by atoms with Crippen LogP contribution in [0.25, 0.3) is 0 Å². The first-order valence-corrected chi connectivity index (χ1v) is 8.04. The Morgan fingerprint density at radius 2 is 2.20 bits per heavy atom. The Kier molecular flexibility index (Phi) is 8.06. The zero-order valence-corrected chi connectivity index (χ0v) is 12.5. The van der Waals surface area contributed by atoms with Gasteiger partial charge in [0.05, 0.1) is 0 Å². The topological polar surface area (TPSA) is 70.6 Å². The van der Waals surface area contributed by atoms with E-state index in [1.807, 2.05) is 11.8 Å². The molecule has 4 N–H and O–H groups in total. The summed E-state index contributed by atoms with van der Waals surface area (Å²) in [5, 5.41) is 14.6. The summed E-state index contributed by atoms with van der Waals surface area (Å²) >= 11 is 1.86. The average Bonchev–Trinajstić information content (AvgIpc) is 2.46. The van der Waals surface area contributed by atoms with E-state index in [2.05, 4.69) is 16.7 Å². The van der Waals surface area contributed by atoms with Gasteiger partial charge >= 0.3 is 0 Å². The molecule has 1 aromatic rings. The van der Waals surface area contributed by atoms with Crippen LogP contribution >= 0.6 is 11.8 Å². The fourth-order valence-corrected chi connectivity index (χ4v) is 2.30. The highest BCUT2D eigenvalue weighted by Gasteiger charge is 2.06. The van der Waals surface area contributed by atoms with E-state index in [0.717, 1.165) is 13.0 Å². The molecule has 0 bridgehead atoms. The second-order valence-corrected chi connectivity index (χ2v) is 5.51. The molecular formula is C14H22FN3OS. The molecule has 1 rings (SSSR count). The molecule has 0 saturated heterocycles. The van der Waals surface area contributed by atoms with Crippen LogP contribution in [0.4, 0.5) is 4.39 Å². The average molecular weight is 299 g/mol. The molecule has 0 atom stereocenters. The fourth-order valence-electron chi connectivity index (χ4n) is 1.80. The van der Waals surface area contributed by atoms with E-state index in [9.17, 15) is 4.39 Å². The Morgan fingerprint density at radius 1 is 1.40 bits per heavy atom. The van der Waals surface area contributed by atoms with E-state index in [-0.39, 0.29) is 11.7 Å². The maximum Gasteiger partial charge on any atom is 0.170 e. The molecule has 0 heterocycles. The summed E-state index contributed by atoms with van der Waals surface area (Å²) in [5.74, 6) is 0.769. The van der Waals surface area contributed by atoms with Crippen LogP contribution in [0.2, 0.25) is 0 Å². The number of amidine groups is 1. The molecule has 0 aliphatic carbocycles. The molecule has 0 fully saturated rings. The van der Waals surface area contributed by atoms with Gasteiger partial charge in [-0.25, -0.2) is 4.39 Å². The monoisotopic (exact) mass is 299 g/mol. The second-order valence-electron chi connectivity index (χ2n) is 4.52. The first-order chi connectivity index (χ1) is 9.69. The molecule has 0 aliphatic heterocycles. The second kappa shape index (κ2) is 9.61. The molecular weight excluding hydrogens is 277 g/mol. The van der Waals surface area contributed by atoms with Crippen LogP contribution in [-0.4, -0.2) is 29.6 Å². The van der Waals surface area contributed by atoms with Gasteiger partial charge in [0.15, 0.2) is 5.84 Å². The van der Waals surface area contributed by atoms with E-state index < -0.39 is 0 Å². The van der Waals surface area contributed by atoms with E-state index in [4.69, 9.17) is 10.9 Å². The van der Waals surface area contributed by atoms with Crippen LogP contribution in [0.1, 0.15) is 30.4 Å². The SMILES string of the molecule is CSCCCCCNCc1ccc(/C(N)=N/O)cc1F. The summed E-state index contributed by atoms with van der Waals surface area (Å²) in [7, 11) is 0. The number of nitrogens with two attached hydrogens (primary N) is 1. The first kappa shape index (κ1) is 16.8. The Labute approximate surface area is 123 Å². The zero-order chi connectivity index (χ0) is 14.8. The van der Waals surface area contributed by atoms with Gasteiger partial charge in [-0.2, -0.15) is 11.8 Å². The molecule has 0 radical (unpaired) electrons. The third kappa shape index (κ3) is 5.79. The highest BCUT2D eigenvalue weighted by molar-refractivity contribution is 7.98. The number of rotatable bonds is 9. The number of nitrogens with zero attached hydrogens (tertiary/aromatic N) is 1. The molecule has 0 aliphatic rings. The zero-order valence-electron chi connectivity index (χ0n) is 11.7. The van der Waals surface area contributed by atoms with E-state index in [0.29, 0.717) is 17.7 Å². The highest BCUT2D eigenvalue weighted by atomic mass is 32.2. The summed E-state index contributed by atoms with van der Waals surface area (Å²) < 4.78 is 13.8. The molecule has 20 heavy (non-hydrogen) atoms. The minimum absolute atomic E-state index is 0.0859. The number of benzene rings is 1. The molecule has 6 heteroatoms. The Morgan fingerprint density at radius 3 is 2.85 bits per heavy atom. The van der Waals surface area contributed by atoms with Crippen molar-refractivity contribution < 1.29 is 9.60 Å². The molecule has 0 aromatic heterocycles. The number of hydrogen-bond acceptors (Lipinski definition) is 4. The van der Waals surface area contributed by atoms with Crippen LogP contribution < -0.4 is 11.1 Å². The van der Waals surface area contributed by atoms with Crippen molar-refractivity contribution in [3.8, 4) is 0 Å². The summed E-state index contributed by atoms with van der Waals surface area (Å²) in [6, 6.07) is 4.58. The predicted octanol–water partition coefficient (Wildman–Crippen LogP) is 2.54. The quantitative estimate of drug-likeness (QED) is 0.215. The fraction of sp³-hybridized carbons (Fsp3) is 0.500. The van der Waals surface area contributed by atoms with Crippen molar-refractivity contribution >= 4 is 17.6 Å². The molecule has 112 valence electrons. The van der Waals surface area contributed by atoms with Crippen molar-refractivity contribution in [1.29, 1.82) is 0 Å². The normalized spacial score (nSPS) is 11.8. The predicted molar refractivity (Wildman–Crippen MR) is 82.9 cm³/mol. The van der Waals surface area contributed by atoms with Gasteiger partial charge in [-0.1, -0.05) is 23.7 Å². The van der Waals surface area contributed by atoms with E-state index in [1.165, 1.54) is 24.7 Å². The molecule has 0 amide bonds. The summed E-state index contributed by atoms with van der Waals surface area (Å²) in [6.45, 7) is 1.38. The summed E-state index contributed by atoms with van der Waals surface area (Å²) in [6.07, 6.45) is 5.63. The third-order valence-corrected chi connectivity index (χ3v) is 3.67. The van der Waals surface area contributed by atoms with Crippen molar-refractivity contribution in [3.63, 3.8) is 0 Å². The van der Waals surface area contributed by atoms with Gasteiger partial charge in [0, 0.05) is 17.7 Å². The lowest BCUT2D eigenvalue weighted by atomic mass is 10.1. The van der Waals surface area contributed by atoms with Gasteiger partial charge in [0.25, 0.3) is 0 Å². The number of thioether (sulfide) groups is 1.